The Morgan fingerprint density at radius 3 is 2.71 bits per heavy atom. The van der Waals surface area contributed by atoms with Gasteiger partial charge in [0.1, 0.15) is 0 Å². The van der Waals surface area contributed by atoms with Crippen molar-refractivity contribution >= 4 is 23.2 Å². The number of piperidine rings is 1. The van der Waals surface area contributed by atoms with E-state index in [9.17, 15) is 0 Å². The molecule has 1 aliphatic heterocycles. The van der Waals surface area contributed by atoms with Crippen molar-refractivity contribution in [2.75, 3.05) is 33.4 Å². The molecule has 0 aromatic heterocycles. The third-order valence-electron chi connectivity index (χ3n) is 4.09. The predicted octanol–water partition coefficient (Wildman–Crippen LogP) is 4.70. The van der Waals surface area contributed by atoms with Crippen LogP contribution in [0.25, 0.3) is 0 Å². The molecule has 1 aliphatic rings. The average molecular weight is 330 g/mol. The number of rotatable bonds is 5. The van der Waals surface area contributed by atoms with Crippen LogP contribution in [0.15, 0.2) is 18.2 Å². The van der Waals surface area contributed by atoms with Gasteiger partial charge < -0.3 is 9.64 Å². The van der Waals surface area contributed by atoms with Gasteiger partial charge >= 0.3 is 0 Å². The minimum Gasteiger partial charge on any atom is -0.381 e. The highest BCUT2D eigenvalue weighted by atomic mass is 35.5. The topological polar surface area (TPSA) is 12.5 Å². The summed E-state index contributed by atoms with van der Waals surface area (Å²) in [5.41, 5.74) is 1.29. The van der Waals surface area contributed by atoms with Crippen molar-refractivity contribution in [1.29, 1.82) is 0 Å². The fraction of sp³-hybridized carbons (Fsp3) is 0.647. The summed E-state index contributed by atoms with van der Waals surface area (Å²) in [4.78, 5) is 2.39. The Bertz CT molecular complexity index is 464. The van der Waals surface area contributed by atoms with Crippen LogP contribution in [-0.2, 0) is 4.74 Å². The first kappa shape index (κ1) is 17.1. The molecule has 118 valence electrons. The zero-order chi connectivity index (χ0) is 15.4. The highest BCUT2D eigenvalue weighted by Gasteiger charge is 2.29. The van der Waals surface area contributed by atoms with Crippen LogP contribution in [0.3, 0.4) is 0 Å². The summed E-state index contributed by atoms with van der Waals surface area (Å²) in [6, 6.07) is 6.04. The van der Waals surface area contributed by atoms with Gasteiger partial charge in [0, 0.05) is 19.1 Å². The monoisotopic (exact) mass is 329 g/mol. The molecule has 0 radical (unpaired) electrons. The lowest BCUT2D eigenvalue weighted by atomic mass is 9.81. The first-order valence-electron chi connectivity index (χ1n) is 7.68. The van der Waals surface area contributed by atoms with E-state index < -0.39 is 0 Å². The van der Waals surface area contributed by atoms with Crippen LogP contribution in [0.4, 0.5) is 0 Å². The fourth-order valence-corrected chi connectivity index (χ4v) is 3.33. The van der Waals surface area contributed by atoms with E-state index in [1.54, 1.807) is 0 Å². The molecule has 0 bridgehead atoms. The molecule has 1 saturated heterocycles. The number of likely N-dealkylation sites (tertiary alicyclic amines) is 1. The SMILES string of the molecule is CC(C)COCC1CN(C)CCC1c1ccc(Cl)c(Cl)c1. The Hall–Kier alpha value is -0.280. The molecule has 0 spiro atoms. The maximum atomic E-state index is 6.18. The van der Waals surface area contributed by atoms with Gasteiger partial charge in [-0.2, -0.15) is 0 Å². The van der Waals surface area contributed by atoms with E-state index in [1.165, 1.54) is 5.56 Å². The molecule has 2 nitrogen and oxygen atoms in total. The summed E-state index contributed by atoms with van der Waals surface area (Å²) >= 11 is 12.2. The summed E-state index contributed by atoms with van der Waals surface area (Å²) in [7, 11) is 2.18. The number of ether oxygens (including phenoxy) is 1. The van der Waals surface area contributed by atoms with Crippen LogP contribution in [0, 0.1) is 11.8 Å². The van der Waals surface area contributed by atoms with Gasteiger partial charge in [0.05, 0.1) is 16.7 Å². The molecule has 1 fully saturated rings. The van der Waals surface area contributed by atoms with Crippen LogP contribution in [0.1, 0.15) is 31.7 Å². The summed E-state index contributed by atoms with van der Waals surface area (Å²) in [6.45, 7) is 8.20. The Labute approximate surface area is 138 Å². The van der Waals surface area contributed by atoms with E-state index in [-0.39, 0.29) is 0 Å². The van der Waals surface area contributed by atoms with E-state index in [1.807, 2.05) is 12.1 Å². The fourth-order valence-electron chi connectivity index (χ4n) is 3.02. The van der Waals surface area contributed by atoms with Crippen molar-refractivity contribution in [3.8, 4) is 0 Å². The van der Waals surface area contributed by atoms with Gasteiger partial charge in [0.25, 0.3) is 0 Å². The van der Waals surface area contributed by atoms with Crippen LogP contribution in [-0.4, -0.2) is 38.3 Å². The van der Waals surface area contributed by atoms with Crippen LogP contribution >= 0.6 is 23.2 Å². The molecule has 1 heterocycles. The molecule has 0 aliphatic carbocycles. The lowest BCUT2D eigenvalue weighted by molar-refractivity contribution is 0.0435. The normalized spacial score (nSPS) is 23.7. The van der Waals surface area contributed by atoms with Gasteiger partial charge in [-0.3, -0.25) is 0 Å². The summed E-state index contributed by atoms with van der Waals surface area (Å²) in [6.07, 6.45) is 1.14. The van der Waals surface area contributed by atoms with E-state index in [4.69, 9.17) is 27.9 Å². The number of nitrogens with zero attached hydrogens (tertiary/aromatic N) is 1. The molecule has 1 aromatic rings. The number of benzene rings is 1. The molecule has 0 saturated carbocycles. The Kier molecular flexibility index (Phi) is 6.36. The van der Waals surface area contributed by atoms with Crippen molar-refractivity contribution < 1.29 is 4.74 Å². The highest BCUT2D eigenvalue weighted by molar-refractivity contribution is 6.42. The first-order valence-corrected chi connectivity index (χ1v) is 8.44. The van der Waals surface area contributed by atoms with Crippen molar-refractivity contribution in [2.24, 2.45) is 11.8 Å². The van der Waals surface area contributed by atoms with Gasteiger partial charge in [-0.05, 0) is 49.5 Å². The molecule has 2 unspecified atom stereocenters. The third-order valence-corrected chi connectivity index (χ3v) is 4.83. The van der Waals surface area contributed by atoms with Gasteiger partial charge in [0.2, 0.25) is 0 Å². The van der Waals surface area contributed by atoms with Crippen molar-refractivity contribution in [2.45, 2.75) is 26.2 Å². The Morgan fingerprint density at radius 1 is 1.29 bits per heavy atom. The maximum absolute atomic E-state index is 6.18. The summed E-state index contributed by atoms with van der Waals surface area (Å²) < 4.78 is 5.90. The number of hydrogen-bond donors (Lipinski definition) is 0. The second-order valence-corrected chi connectivity index (χ2v) is 7.34. The van der Waals surface area contributed by atoms with E-state index in [0.717, 1.165) is 32.7 Å². The van der Waals surface area contributed by atoms with Crippen molar-refractivity contribution in [3.05, 3.63) is 33.8 Å². The lowest BCUT2D eigenvalue weighted by Gasteiger charge is -2.37. The Morgan fingerprint density at radius 2 is 2.05 bits per heavy atom. The third kappa shape index (κ3) is 4.85. The lowest BCUT2D eigenvalue weighted by Crippen LogP contribution is -2.39. The van der Waals surface area contributed by atoms with Gasteiger partial charge in [-0.25, -0.2) is 0 Å². The predicted molar refractivity (Wildman–Crippen MR) is 90.5 cm³/mol. The average Bonchev–Trinajstić information content (AvgIpc) is 2.42. The largest absolute Gasteiger partial charge is 0.381 e. The first-order chi connectivity index (χ1) is 9.97. The minimum absolute atomic E-state index is 0.503. The van der Waals surface area contributed by atoms with E-state index >= 15 is 0 Å². The highest BCUT2D eigenvalue weighted by Crippen LogP contribution is 2.35. The zero-order valence-corrected chi connectivity index (χ0v) is 14.6. The maximum Gasteiger partial charge on any atom is 0.0595 e. The minimum atomic E-state index is 0.503. The van der Waals surface area contributed by atoms with Gasteiger partial charge in [0.15, 0.2) is 0 Å². The molecule has 2 atom stereocenters. The molecular weight excluding hydrogens is 305 g/mol. The van der Waals surface area contributed by atoms with Gasteiger partial charge in [-0.1, -0.05) is 43.1 Å². The molecule has 21 heavy (non-hydrogen) atoms. The smallest absolute Gasteiger partial charge is 0.0595 e. The van der Waals surface area contributed by atoms with Gasteiger partial charge in [-0.15, -0.1) is 0 Å². The molecule has 0 amide bonds. The summed E-state index contributed by atoms with van der Waals surface area (Å²) in [5, 5.41) is 1.27. The van der Waals surface area contributed by atoms with E-state index in [0.29, 0.717) is 27.8 Å². The molecule has 2 rings (SSSR count). The Balaban J connectivity index is 2.08. The summed E-state index contributed by atoms with van der Waals surface area (Å²) in [5.74, 6) is 1.60. The van der Waals surface area contributed by atoms with Crippen LogP contribution in [0.2, 0.25) is 10.0 Å². The van der Waals surface area contributed by atoms with Crippen molar-refractivity contribution in [3.63, 3.8) is 0 Å². The second-order valence-electron chi connectivity index (χ2n) is 6.52. The van der Waals surface area contributed by atoms with E-state index in [2.05, 4.69) is 31.9 Å². The standard InChI is InChI=1S/C17H25Cl2NO/c1-12(2)10-21-11-14-9-20(3)7-6-15(14)13-4-5-16(18)17(19)8-13/h4-5,8,12,14-15H,6-7,9-11H2,1-3H3. The molecule has 1 aromatic carbocycles. The quantitative estimate of drug-likeness (QED) is 0.776. The molecule has 0 N–H and O–H groups in total. The molecule has 4 heteroatoms. The second kappa shape index (κ2) is 7.82. The number of halogens is 2. The number of hydrogen-bond acceptors (Lipinski definition) is 2. The van der Waals surface area contributed by atoms with Crippen LogP contribution in [0.5, 0.6) is 0 Å². The zero-order valence-electron chi connectivity index (χ0n) is 13.1. The molecular formula is C17H25Cl2NO. The van der Waals surface area contributed by atoms with Crippen molar-refractivity contribution in [1.82, 2.24) is 4.90 Å². The van der Waals surface area contributed by atoms with Crippen LogP contribution < -0.4 is 0 Å².